The van der Waals surface area contributed by atoms with Crippen LogP contribution in [0.25, 0.3) is 0 Å². The highest BCUT2D eigenvalue weighted by Gasteiger charge is 2.19. The van der Waals surface area contributed by atoms with E-state index in [1.54, 1.807) is 0 Å². The molecule has 0 fully saturated rings. The molecule has 6 heteroatoms. The van der Waals surface area contributed by atoms with Gasteiger partial charge >= 0.3 is 0 Å². The van der Waals surface area contributed by atoms with Crippen LogP contribution in [0.3, 0.4) is 0 Å². The van der Waals surface area contributed by atoms with Gasteiger partial charge in [-0.15, -0.1) is 10.2 Å². The van der Waals surface area contributed by atoms with E-state index >= 15 is 0 Å². The second-order valence-corrected chi connectivity index (χ2v) is 8.38. The van der Waals surface area contributed by atoms with Crippen LogP contribution in [0.15, 0.2) is 58.8 Å². The van der Waals surface area contributed by atoms with E-state index in [-0.39, 0.29) is 21.0 Å². The van der Waals surface area contributed by atoms with Crippen molar-refractivity contribution in [2.75, 3.05) is 41.1 Å². The Morgan fingerprint density at radius 2 is 1.52 bits per heavy atom. The molecule has 120 valence electrons. The molecule has 0 saturated heterocycles. The van der Waals surface area contributed by atoms with Gasteiger partial charge in [-0.1, -0.05) is 12.1 Å². The van der Waals surface area contributed by atoms with Crippen molar-refractivity contribution in [1.82, 2.24) is 0 Å². The fourth-order valence-corrected chi connectivity index (χ4v) is 4.43. The lowest BCUT2D eigenvalue weighted by Gasteiger charge is -2.30. The summed E-state index contributed by atoms with van der Waals surface area (Å²) in [5.74, 6) is 0. The van der Waals surface area contributed by atoms with Gasteiger partial charge < -0.3 is 12.9 Å². The number of nitrogens with zero attached hydrogens (tertiary/aromatic N) is 5. The molecule has 0 radical (unpaired) electrons. The number of fused-ring (bicyclic) bond motifs is 1. The number of anilines is 3. The summed E-state index contributed by atoms with van der Waals surface area (Å²) in [6.45, 7) is 0. The molecule has 2 aromatic carbocycles. The average molecular weight is 421 g/mol. The Kier molecular flexibility index (Phi) is 4.61. The van der Waals surface area contributed by atoms with E-state index in [0.717, 1.165) is 15.1 Å². The fourth-order valence-electron chi connectivity index (χ4n) is 2.32. The van der Waals surface area contributed by atoms with Crippen molar-refractivity contribution in [1.29, 1.82) is 0 Å². The Hall–Kier alpha value is -1.96. The quantitative estimate of drug-likeness (QED) is 0.419. The third-order valence-electron chi connectivity index (χ3n) is 3.67. The van der Waals surface area contributed by atoms with Crippen LogP contribution < -0.4 is 12.9 Å². The fraction of sp³-hybridized carbons (Fsp3) is 0.235. The third kappa shape index (κ3) is 3.36. The number of halogens is 1. The molecule has 3 rings (SSSR count). The van der Waals surface area contributed by atoms with Crippen molar-refractivity contribution in [3.05, 3.63) is 48.5 Å². The first kappa shape index (κ1) is 15.9. The van der Waals surface area contributed by atoms with Gasteiger partial charge in [0.15, 0.2) is 0 Å². The van der Waals surface area contributed by atoms with Gasteiger partial charge in [-0.05, 0) is 36.4 Å². The van der Waals surface area contributed by atoms with E-state index in [2.05, 4.69) is 73.6 Å². The topological polar surface area (TPSA) is 34.4 Å². The Balaban J connectivity index is 1.83. The van der Waals surface area contributed by atoms with Crippen LogP contribution in [-0.4, -0.2) is 31.9 Å². The second kappa shape index (κ2) is 6.66. The van der Waals surface area contributed by atoms with E-state index in [9.17, 15) is 0 Å². The third-order valence-corrected chi connectivity index (χ3v) is 6.28. The zero-order valence-corrected chi connectivity index (χ0v) is 15.9. The van der Waals surface area contributed by atoms with E-state index in [1.165, 1.54) is 11.4 Å². The van der Waals surface area contributed by atoms with Gasteiger partial charge in [0.2, 0.25) is 3.76 Å². The molecule has 0 aliphatic carbocycles. The van der Waals surface area contributed by atoms with Crippen LogP contribution in [0.4, 0.5) is 22.7 Å². The predicted molar refractivity (Wildman–Crippen MR) is 108 cm³/mol. The van der Waals surface area contributed by atoms with Gasteiger partial charge in [-0.25, -0.2) is 0 Å². The van der Waals surface area contributed by atoms with Crippen LogP contribution in [0.5, 0.6) is 0 Å². The molecular weight excluding hydrogens is 401 g/mol. The van der Waals surface area contributed by atoms with Gasteiger partial charge in [0.1, 0.15) is 0 Å². The molecular formula is C17H20IN5. The minimum Gasteiger partial charge on any atom is -0.378 e. The Morgan fingerprint density at radius 3 is 2.17 bits per heavy atom. The molecule has 2 aromatic rings. The largest absolute Gasteiger partial charge is 0.378 e. The number of para-hydroxylation sites is 2. The van der Waals surface area contributed by atoms with Crippen molar-refractivity contribution in [3.63, 3.8) is 0 Å². The van der Waals surface area contributed by atoms with Crippen LogP contribution in [0.2, 0.25) is 0 Å². The van der Waals surface area contributed by atoms with Crippen molar-refractivity contribution in [2.45, 2.75) is 0 Å². The average Bonchev–Trinajstić information content (AvgIpc) is 2.57. The first-order valence-corrected chi connectivity index (χ1v) is 9.38. The minimum atomic E-state index is -0.351. The maximum Gasteiger partial charge on any atom is 0.204 e. The van der Waals surface area contributed by atoms with E-state index in [0.29, 0.717) is 0 Å². The van der Waals surface area contributed by atoms with Crippen molar-refractivity contribution in [2.24, 2.45) is 10.2 Å². The van der Waals surface area contributed by atoms with Crippen molar-refractivity contribution < 1.29 is 0 Å². The highest BCUT2D eigenvalue weighted by atomic mass is 127. The summed E-state index contributed by atoms with van der Waals surface area (Å²) in [4.78, 5) is 4.22. The Labute approximate surface area is 147 Å². The monoisotopic (exact) mass is 421 g/mol. The van der Waals surface area contributed by atoms with Crippen molar-refractivity contribution in [3.8, 4) is 0 Å². The second-order valence-electron chi connectivity index (χ2n) is 5.49. The number of hydrogen-bond acceptors (Lipinski definition) is 5. The van der Waals surface area contributed by atoms with Crippen molar-refractivity contribution >= 4 is 47.5 Å². The van der Waals surface area contributed by atoms with Gasteiger partial charge in [-0.3, -0.25) is 0 Å². The maximum absolute atomic E-state index is 4.52. The lowest BCUT2D eigenvalue weighted by Crippen LogP contribution is -2.29. The highest BCUT2D eigenvalue weighted by molar-refractivity contribution is 14.2. The smallest absolute Gasteiger partial charge is 0.204 e. The molecule has 1 heterocycles. The standard InChI is InChI=1S/C17H20IN5/c1-21(2)14-11-9-13(10-12-14)19-20-17-18-23(4)16-8-6-5-7-15(16)22(17)3/h5-12H,1-4H3. The molecule has 1 aliphatic rings. The van der Waals surface area contributed by atoms with E-state index in [4.69, 9.17) is 0 Å². The van der Waals surface area contributed by atoms with Crippen LogP contribution in [0.1, 0.15) is 0 Å². The normalized spacial score (nSPS) is 14.3. The summed E-state index contributed by atoms with van der Waals surface area (Å²) >= 11 is -0.351. The zero-order chi connectivity index (χ0) is 16.4. The van der Waals surface area contributed by atoms with E-state index < -0.39 is 0 Å². The number of rotatable bonds is 3. The molecule has 0 spiro atoms. The Morgan fingerprint density at radius 1 is 0.870 bits per heavy atom. The summed E-state index contributed by atoms with van der Waals surface area (Å²) < 4.78 is 3.35. The molecule has 0 unspecified atom stereocenters. The zero-order valence-electron chi connectivity index (χ0n) is 13.7. The summed E-state index contributed by atoms with van der Waals surface area (Å²) in [6.07, 6.45) is 0. The van der Waals surface area contributed by atoms with Gasteiger partial charge in [-0.2, -0.15) is 0 Å². The van der Waals surface area contributed by atoms with Crippen LogP contribution in [0, 0.1) is 0 Å². The van der Waals surface area contributed by atoms with Gasteiger partial charge in [0.05, 0.1) is 38.1 Å². The number of hydrogen-bond donors (Lipinski definition) is 0. The predicted octanol–water partition coefficient (Wildman–Crippen LogP) is 4.40. The first-order chi connectivity index (χ1) is 11.1. The molecule has 0 amide bonds. The molecule has 1 aliphatic heterocycles. The Bertz CT molecular complexity index is 752. The van der Waals surface area contributed by atoms with Crippen LogP contribution in [-0.2, 0) is 0 Å². The molecule has 0 aromatic heterocycles. The van der Waals surface area contributed by atoms with Gasteiger partial charge in [0.25, 0.3) is 0 Å². The van der Waals surface area contributed by atoms with Crippen LogP contribution >= 0.6 is 21.0 Å². The minimum absolute atomic E-state index is 0.351. The summed E-state index contributed by atoms with van der Waals surface area (Å²) in [7, 11) is 8.25. The van der Waals surface area contributed by atoms with Gasteiger partial charge in [0, 0.05) is 33.9 Å². The maximum atomic E-state index is 4.52. The number of azo groups is 1. The molecule has 5 nitrogen and oxygen atoms in total. The SMILES string of the molecule is CN(C)c1ccc(N=NC2=IN(C)c3ccccc3N2C)cc1. The number of benzene rings is 2. The summed E-state index contributed by atoms with van der Waals surface area (Å²) in [6, 6.07) is 16.5. The molecule has 23 heavy (non-hydrogen) atoms. The summed E-state index contributed by atoms with van der Waals surface area (Å²) in [5.41, 5.74) is 4.48. The lowest BCUT2D eigenvalue weighted by atomic mass is 10.2. The van der Waals surface area contributed by atoms with E-state index in [1.807, 2.05) is 26.2 Å². The first-order valence-electron chi connectivity index (χ1n) is 7.34. The summed E-state index contributed by atoms with van der Waals surface area (Å²) in [5, 5.41) is 8.94. The molecule has 0 atom stereocenters. The molecule has 0 N–H and O–H groups in total. The lowest BCUT2D eigenvalue weighted by molar-refractivity contribution is 1.13. The molecule has 0 saturated carbocycles. The highest BCUT2D eigenvalue weighted by Crippen LogP contribution is 2.37. The molecule has 0 bridgehead atoms.